The molecule has 1 aliphatic rings. The molecule has 1 heterocycles. The number of ether oxygens (including phenoxy) is 2. The Kier molecular flexibility index (Phi) is 4.43. The van der Waals surface area contributed by atoms with Gasteiger partial charge in [-0.3, -0.25) is 14.9 Å². The minimum Gasteiger partial charge on any atom is -0.493 e. The van der Waals surface area contributed by atoms with Crippen LogP contribution in [-0.2, 0) is 4.79 Å². The van der Waals surface area contributed by atoms with E-state index >= 15 is 0 Å². The fraction of sp³-hybridized carbons (Fsp3) is 0.167. The van der Waals surface area contributed by atoms with Gasteiger partial charge in [-0.05, 0) is 12.1 Å². The third kappa shape index (κ3) is 3.14. The molecule has 0 radical (unpaired) electrons. The van der Waals surface area contributed by atoms with E-state index < -0.39 is 4.92 Å². The summed E-state index contributed by atoms with van der Waals surface area (Å²) in [4.78, 5) is 22.5. The Labute approximate surface area is 129 Å². The van der Waals surface area contributed by atoms with E-state index in [2.05, 4.69) is 5.32 Å². The first-order valence-corrected chi connectivity index (χ1v) is 6.84. The lowest BCUT2D eigenvalue weighted by molar-refractivity contribution is -0.385. The molecule has 7 nitrogen and oxygen atoms in total. The number of rotatable bonds is 4. The molecular formula is C12H10N2O5S2. The smallest absolute Gasteiger partial charge is 0.280 e. The molecule has 110 valence electrons. The number of benzene rings is 1. The van der Waals surface area contributed by atoms with Crippen molar-refractivity contribution in [3.8, 4) is 11.5 Å². The zero-order valence-electron chi connectivity index (χ0n) is 11.0. The Morgan fingerprint density at radius 2 is 1.95 bits per heavy atom. The Balaban J connectivity index is 2.56. The molecule has 0 unspecified atom stereocenters. The maximum Gasteiger partial charge on any atom is 0.280 e. The number of thioether (sulfide) groups is 1. The number of nitro benzene ring substituents is 1. The zero-order valence-corrected chi connectivity index (χ0v) is 12.7. The summed E-state index contributed by atoms with van der Waals surface area (Å²) in [6.07, 6.45) is 1.40. The Morgan fingerprint density at radius 3 is 2.43 bits per heavy atom. The summed E-state index contributed by atoms with van der Waals surface area (Å²) in [6, 6.07) is 2.69. The minimum absolute atomic E-state index is 0.189. The Hall–Kier alpha value is -2.13. The normalized spacial score (nSPS) is 16.0. The van der Waals surface area contributed by atoms with E-state index in [1.54, 1.807) is 0 Å². The summed E-state index contributed by atoms with van der Waals surface area (Å²) in [5.74, 6) is 0.195. The van der Waals surface area contributed by atoms with Gasteiger partial charge in [0.25, 0.3) is 11.6 Å². The van der Waals surface area contributed by atoms with Crippen LogP contribution < -0.4 is 14.8 Å². The van der Waals surface area contributed by atoms with Crippen LogP contribution in [0.4, 0.5) is 5.69 Å². The number of methoxy groups -OCH3 is 2. The van der Waals surface area contributed by atoms with Crippen molar-refractivity contribution in [3.05, 3.63) is 32.7 Å². The van der Waals surface area contributed by atoms with Gasteiger partial charge < -0.3 is 14.8 Å². The van der Waals surface area contributed by atoms with Gasteiger partial charge in [0.15, 0.2) is 11.5 Å². The largest absolute Gasteiger partial charge is 0.493 e. The van der Waals surface area contributed by atoms with E-state index in [9.17, 15) is 14.9 Å². The molecule has 0 aromatic heterocycles. The van der Waals surface area contributed by atoms with Crippen LogP contribution in [-0.4, -0.2) is 29.4 Å². The number of carbonyl (C=O) groups excluding carboxylic acids is 1. The number of carbonyl (C=O) groups is 1. The van der Waals surface area contributed by atoms with Crippen LogP contribution in [0, 0.1) is 10.1 Å². The van der Waals surface area contributed by atoms with Crippen LogP contribution in [0.5, 0.6) is 11.5 Å². The molecule has 1 aromatic carbocycles. The van der Waals surface area contributed by atoms with Crippen molar-refractivity contribution < 1.29 is 19.2 Å². The summed E-state index contributed by atoms with van der Waals surface area (Å²) in [6.45, 7) is 0. The lowest BCUT2D eigenvalue weighted by Crippen LogP contribution is -2.17. The fourth-order valence-corrected chi connectivity index (χ4v) is 2.76. The number of amides is 1. The van der Waals surface area contributed by atoms with Crippen LogP contribution in [0.1, 0.15) is 5.56 Å². The average Bonchev–Trinajstić information content (AvgIpc) is 2.76. The molecule has 2 rings (SSSR count). The van der Waals surface area contributed by atoms with Crippen molar-refractivity contribution >= 4 is 46.0 Å². The first-order chi connectivity index (χ1) is 9.96. The molecule has 0 bridgehead atoms. The lowest BCUT2D eigenvalue weighted by Gasteiger charge is -2.08. The molecule has 0 spiro atoms. The van der Waals surface area contributed by atoms with E-state index in [0.29, 0.717) is 10.1 Å². The number of nitro groups is 1. The molecule has 1 amide bonds. The number of thiocarbonyl (C=S) groups is 1. The SMILES string of the molecule is COc1cc(/C=C2\SC(=S)NC2=O)c([N+](=O)[O-])cc1OC. The van der Waals surface area contributed by atoms with Crippen molar-refractivity contribution in [2.45, 2.75) is 0 Å². The Morgan fingerprint density at radius 1 is 1.33 bits per heavy atom. The van der Waals surface area contributed by atoms with E-state index in [-0.39, 0.29) is 27.8 Å². The van der Waals surface area contributed by atoms with E-state index in [0.717, 1.165) is 11.8 Å². The van der Waals surface area contributed by atoms with Gasteiger partial charge in [-0.1, -0.05) is 24.0 Å². The van der Waals surface area contributed by atoms with Crippen molar-refractivity contribution in [2.24, 2.45) is 0 Å². The van der Waals surface area contributed by atoms with E-state index in [1.165, 1.54) is 32.4 Å². The lowest BCUT2D eigenvalue weighted by atomic mass is 10.1. The second kappa shape index (κ2) is 6.10. The van der Waals surface area contributed by atoms with Gasteiger partial charge in [-0.15, -0.1) is 0 Å². The molecule has 1 aromatic rings. The van der Waals surface area contributed by atoms with Crippen LogP contribution in [0.2, 0.25) is 0 Å². The van der Waals surface area contributed by atoms with E-state index in [4.69, 9.17) is 21.7 Å². The summed E-state index contributed by atoms with van der Waals surface area (Å²) in [5.41, 5.74) is 0.0476. The van der Waals surface area contributed by atoms with Gasteiger partial charge in [-0.25, -0.2) is 0 Å². The minimum atomic E-state index is -0.551. The fourth-order valence-electron chi connectivity index (χ4n) is 1.72. The molecule has 1 fully saturated rings. The molecule has 9 heteroatoms. The predicted molar refractivity (Wildman–Crippen MR) is 82.5 cm³/mol. The highest BCUT2D eigenvalue weighted by Gasteiger charge is 2.25. The van der Waals surface area contributed by atoms with Gasteiger partial charge in [0.05, 0.1) is 35.7 Å². The van der Waals surface area contributed by atoms with E-state index in [1.807, 2.05) is 0 Å². The molecule has 0 atom stereocenters. The second-order valence-electron chi connectivity index (χ2n) is 3.88. The summed E-state index contributed by atoms with van der Waals surface area (Å²) in [5, 5.41) is 13.6. The summed E-state index contributed by atoms with van der Waals surface area (Å²) in [7, 11) is 2.81. The number of nitrogens with zero attached hydrogens (tertiary/aromatic N) is 1. The van der Waals surface area contributed by atoms with Crippen molar-refractivity contribution in [2.75, 3.05) is 14.2 Å². The number of hydrogen-bond acceptors (Lipinski definition) is 7. The van der Waals surface area contributed by atoms with Crippen molar-refractivity contribution in [3.63, 3.8) is 0 Å². The highest BCUT2D eigenvalue weighted by atomic mass is 32.2. The van der Waals surface area contributed by atoms with Crippen LogP contribution in [0.25, 0.3) is 6.08 Å². The third-order valence-electron chi connectivity index (χ3n) is 2.66. The summed E-state index contributed by atoms with van der Waals surface area (Å²) >= 11 is 5.92. The van der Waals surface area contributed by atoms with Gasteiger partial charge in [0.2, 0.25) is 0 Å². The monoisotopic (exact) mass is 326 g/mol. The standard InChI is InChI=1S/C12H10N2O5S2/c1-18-8-3-6(4-10-11(15)13-12(20)21-10)7(14(16)17)5-9(8)19-2/h3-5H,1-2H3,(H,13,15,20)/b10-4-. The summed E-state index contributed by atoms with van der Waals surface area (Å²) < 4.78 is 10.5. The molecule has 1 saturated heterocycles. The zero-order chi connectivity index (χ0) is 15.6. The molecule has 0 saturated carbocycles. The van der Waals surface area contributed by atoms with Crippen molar-refractivity contribution in [1.29, 1.82) is 0 Å². The second-order valence-corrected chi connectivity index (χ2v) is 5.59. The van der Waals surface area contributed by atoms with Crippen molar-refractivity contribution in [1.82, 2.24) is 5.32 Å². The van der Waals surface area contributed by atoms with Crippen LogP contribution in [0.3, 0.4) is 0 Å². The highest BCUT2D eigenvalue weighted by molar-refractivity contribution is 8.26. The average molecular weight is 326 g/mol. The maximum atomic E-state index is 11.6. The van der Waals surface area contributed by atoms with Gasteiger partial charge in [0.1, 0.15) is 4.32 Å². The predicted octanol–water partition coefficient (Wildman–Crippen LogP) is 2.10. The van der Waals surface area contributed by atoms with Gasteiger partial charge in [-0.2, -0.15) is 0 Å². The van der Waals surface area contributed by atoms with Gasteiger partial charge in [0, 0.05) is 0 Å². The molecular weight excluding hydrogens is 316 g/mol. The molecule has 1 N–H and O–H groups in total. The first-order valence-electron chi connectivity index (χ1n) is 5.61. The molecule has 1 aliphatic heterocycles. The quantitative estimate of drug-likeness (QED) is 0.392. The highest BCUT2D eigenvalue weighted by Crippen LogP contribution is 2.37. The maximum absolute atomic E-state index is 11.6. The number of nitrogens with one attached hydrogen (secondary N) is 1. The molecule has 0 aliphatic carbocycles. The Bertz CT molecular complexity index is 672. The first kappa shape index (κ1) is 15.3. The van der Waals surface area contributed by atoms with Gasteiger partial charge >= 0.3 is 0 Å². The topological polar surface area (TPSA) is 90.7 Å². The van der Waals surface area contributed by atoms with Crippen LogP contribution in [0.15, 0.2) is 17.0 Å². The molecule has 21 heavy (non-hydrogen) atoms. The third-order valence-corrected chi connectivity index (χ3v) is 3.82. The van der Waals surface area contributed by atoms with Crippen LogP contribution >= 0.6 is 24.0 Å². The number of hydrogen-bond donors (Lipinski definition) is 1.